The Balaban J connectivity index is 2.85. The van der Waals surface area contributed by atoms with Crippen LogP contribution in [0.25, 0.3) is 0 Å². The molecule has 1 amide bonds. The zero-order chi connectivity index (χ0) is 16.9. The summed E-state index contributed by atoms with van der Waals surface area (Å²) in [6.07, 6.45) is -0.599. The molecule has 1 aromatic carbocycles. The quantitative estimate of drug-likeness (QED) is 0.873. The zero-order valence-electron chi connectivity index (χ0n) is 13.6. The number of carboxylic acids is 1. The summed E-state index contributed by atoms with van der Waals surface area (Å²) >= 11 is 0. The second-order valence-corrected chi connectivity index (χ2v) is 6.03. The van der Waals surface area contributed by atoms with Crippen molar-refractivity contribution in [1.29, 1.82) is 0 Å². The third-order valence-corrected chi connectivity index (χ3v) is 2.97. The summed E-state index contributed by atoms with van der Waals surface area (Å²) in [5, 5.41) is 11.7. The number of aryl methyl sites for hydroxylation is 1. The monoisotopic (exact) mass is 309 g/mol. The van der Waals surface area contributed by atoms with E-state index in [1.165, 1.54) is 0 Å². The molecule has 1 atom stereocenters. The predicted molar refractivity (Wildman–Crippen MR) is 82.2 cm³/mol. The van der Waals surface area contributed by atoms with E-state index in [0.29, 0.717) is 5.75 Å². The van der Waals surface area contributed by atoms with Gasteiger partial charge in [0.25, 0.3) is 0 Å². The number of ether oxygens (including phenoxy) is 2. The van der Waals surface area contributed by atoms with Crippen molar-refractivity contribution in [2.75, 3.05) is 7.11 Å². The lowest BCUT2D eigenvalue weighted by Crippen LogP contribution is -2.44. The molecule has 0 unspecified atom stereocenters. The average molecular weight is 309 g/mol. The minimum absolute atomic E-state index is 0.150. The van der Waals surface area contributed by atoms with Crippen molar-refractivity contribution in [3.05, 3.63) is 29.3 Å². The van der Waals surface area contributed by atoms with Crippen LogP contribution in [-0.2, 0) is 16.0 Å². The van der Waals surface area contributed by atoms with Gasteiger partial charge in [0.15, 0.2) is 0 Å². The minimum Gasteiger partial charge on any atom is -0.497 e. The summed E-state index contributed by atoms with van der Waals surface area (Å²) in [5.41, 5.74) is 1.04. The van der Waals surface area contributed by atoms with Crippen LogP contribution in [0.1, 0.15) is 31.9 Å². The van der Waals surface area contributed by atoms with Gasteiger partial charge in [-0.15, -0.1) is 0 Å². The molecule has 0 spiro atoms. The van der Waals surface area contributed by atoms with Crippen molar-refractivity contribution >= 4 is 12.1 Å². The number of benzene rings is 1. The van der Waals surface area contributed by atoms with E-state index in [0.717, 1.165) is 11.1 Å². The SMILES string of the molecule is COc1ccc(C)c(C[C@@H](NC(=O)OC(C)(C)C)C(=O)O)c1. The molecule has 0 fully saturated rings. The number of carboxylic acid groups (broad SMARTS) is 1. The Kier molecular flexibility index (Phi) is 5.79. The highest BCUT2D eigenvalue weighted by molar-refractivity contribution is 5.80. The number of carbonyl (C=O) groups excluding carboxylic acids is 1. The number of aliphatic carboxylic acids is 1. The second kappa shape index (κ2) is 7.15. The van der Waals surface area contributed by atoms with Gasteiger partial charge in [0.1, 0.15) is 17.4 Å². The number of nitrogens with one attached hydrogen (secondary N) is 1. The highest BCUT2D eigenvalue weighted by Gasteiger charge is 2.24. The summed E-state index contributed by atoms with van der Waals surface area (Å²) in [7, 11) is 1.54. The van der Waals surface area contributed by atoms with Gasteiger partial charge in [-0.05, 0) is 51.0 Å². The standard InChI is InChI=1S/C16H23NO5/c1-10-6-7-12(21-5)8-11(10)9-13(14(18)19)17-15(20)22-16(2,3)4/h6-8,13H,9H2,1-5H3,(H,17,20)(H,18,19)/t13-/m1/s1. The zero-order valence-corrected chi connectivity index (χ0v) is 13.6. The van der Waals surface area contributed by atoms with Crippen LogP contribution >= 0.6 is 0 Å². The van der Waals surface area contributed by atoms with Gasteiger partial charge in [-0.1, -0.05) is 6.07 Å². The summed E-state index contributed by atoms with van der Waals surface area (Å²) in [4.78, 5) is 23.1. The molecule has 0 bridgehead atoms. The lowest BCUT2D eigenvalue weighted by atomic mass is 10.0. The van der Waals surface area contributed by atoms with Crippen LogP contribution in [0.4, 0.5) is 4.79 Å². The number of amides is 1. The number of rotatable bonds is 5. The third-order valence-electron chi connectivity index (χ3n) is 2.97. The van der Waals surface area contributed by atoms with Crippen molar-refractivity contribution in [1.82, 2.24) is 5.32 Å². The highest BCUT2D eigenvalue weighted by Crippen LogP contribution is 2.19. The van der Waals surface area contributed by atoms with Crippen LogP contribution in [0.2, 0.25) is 0 Å². The molecule has 122 valence electrons. The van der Waals surface area contributed by atoms with E-state index in [9.17, 15) is 14.7 Å². The topological polar surface area (TPSA) is 84.9 Å². The Morgan fingerprint density at radius 2 is 1.95 bits per heavy atom. The Bertz CT molecular complexity index is 548. The molecule has 0 radical (unpaired) electrons. The van der Waals surface area contributed by atoms with Crippen LogP contribution in [0.15, 0.2) is 18.2 Å². The van der Waals surface area contributed by atoms with Gasteiger partial charge in [0.2, 0.25) is 0 Å². The molecule has 22 heavy (non-hydrogen) atoms. The first kappa shape index (κ1) is 17.8. The van der Waals surface area contributed by atoms with E-state index in [1.54, 1.807) is 40.0 Å². The first-order valence-corrected chi connectivity index (χ1v) is 6.98. The number of hydrogen-bond acceptors (Lipinski definition) is 4. The summed E-state index contributed by atoms with van der Waals surface area (Å²) in [6, 6.07) is 4.35. The molecule has 0 saturated heterocycles. The van der Waals surface area contributed by atoms with E-state index in [-0.39, 0.29) is 6.42 Å². The number of alkyl carbamates (subject to hydrolysis) is 1. The van der Waals surface area contributed by atoms with Gasteiger partial charge in [-0.3, -0.25) is 0 Å². The van der Waals surface area contributed by atoms with Gasteiger partial charge < -0.3 is 19.9 Å². The molecule has 0 heterocycles. The van der Waals surface area contributed by atoms with Gasteiger partial charge in [-0.2, -0.15) is 0 Å². The van der Waals surface area contributed by atoms with E-state index in [4.69, 9.17) is 9.47 Å². The van der Waals surface area contributed by atoms with Crippen LogP contribution in [0.5, 0.6) is 5.75 Å². The Morgan fingerprint density at radius 3 is 2.45 bits per heavy atom. The molecule has 0 aromatic heterocycles. The maximum Gasteiger partial charge on any atom is 0.408 e. The van der Waals surface area contributed by atoms with Gasteiger partial charge in [-0.25, -0.2) is 9.59 Å². The van der Waals surface area contributed by atoms with Gasteiger partial charge in [0.05, 0.1) is 7.11 Å². The first-order chi connectivity index (χ1) is 10.1. The normalized spacial score (nSPS) is 12.4. The molecular formula is C16H23NO5. The van der Waals surface area contributed by atoms with Crippen molar-refractivity contribution < 1.29 is 24.2 Å². The van der Waals surface area contributed by atoms with Crippen LogP contribution in [0, 0.1) is 6.92 Å². The van der Waals surface area contributed by atoms with Gasteiger partial charge in [0, 0.05) is 6.42 Å². The molecular weight excluding hydrogens is 286 g/mol. The molecule has 0 aliphatic heterocycles. The third kappa shape index (κ3) is 5.63. The molecule has 6 nitrogen and oxygen atoms in total. The van der Waals surface area contributed by atoms with Crippen LogP contribution < -0.4 is 10.1 Å². The Labute approximate surface area is 130 Å². The number of carbonyl (C=O) groups is 2. The lowest BCUT2D eigenvalue weighted by molar-refractivity contribution is -0.139. The smallest absolute Gasteiger partial charge is 0.408 e. The summed E-state index contributed by atoms with van der Waals surface area (Å²) < 4.78 is 10.2. The largest absolute Gasteiger partial charge is 0.497 e. The molecule has 0 aliphatic carbocycles. The maximum atomic E-state index is 11.8. The molecule has 2 N–H and O–H groups in total. The molecule has 0 saturated carbocycles. The van der Waals surface area contributed by atoms with E-state index in [1.807, 2.05) is 13.0 Å². The predicted octanol–water partition coefficient (Wildman–Crippen LogP) is 2.52. The van der Waals surface area contributed by atoms with Crippen LogP contribution in [-0.4, -0.2) is 35.9 Å². The van der Waals surface area contributed by atoms with E-state index in [2.05, 4.69) is 5.32 Å². The molecule has 6 heteroatoms. The first-order valence-electron chi connectivity index (χ1n) is 6.98. The highest BCUT2D eigenvalue weighted by atomic mass is 16.6. The van der Waals surface area contributed by atoms with Gasteiger partial charge >= 0.3 is 12.1 Å². The van der Waals surface area contributed by atoms with E-state index < -0.39 is 23.7 Å². The molecule has 1 rings (SSSR count). The number of hydrogen-bond donors (Lipinski definition) is 2. The fraction of sp³-hybridized carbons (Fsp3) is 0.500. The van der Waals surface area contributed by atoms with E-state index >= 15 is 0 Å². The maximum absolute atomic E-state index is 11.8. The van der Waals surface area contributed by atoms with Crippen molar-refractivity contribution in [2.45, 2.75) is 45.8 Å². The minimum atomic E-state index is -1.12. The Hall–Kier alpha value is -2.24. The van der Waals surface area contributed by atoms with Crippen LogP contribution in [0.3, 0.4) is 0 Å². The summed E-state index contributed by atoms with van der Waals surface area (Å²) in [6.45, 7) is 7.03. The molecule has 0 aliphatic rings. The Morgan fingerprint density at radius 1 is 1.32 bits per heavy atom. The number of methoxy groups -OCH3 is 1. The van der Waals surface area contributed by atoms with Crippen molar-refractivity contribution in [3.63, 3.8) is 0 Å². The lowest BCUT2D eigenvalue weighted by Gasteiger charge is -2.22. The molecule has 1 aromatic rings. The second-order valence-electron chi connectivity index (χ2n) is 6.03. The van der Waals surface area contributed by atoms with Crippen molar-refractivity contribution in [3.8, 4) is 5.75 Å². The fourth-order valence-corrected chi connectivity index (χ4v) is 1.86. The fourth-order valence-electron chi connectivity index (χ4n) is 1.86. The average Bonchev–Trinajstić information content (AvgIpc) is 2.38. The van der Waals surface area contributed by atoms with Crippen molar-refractivity contribution in [2.24, 2.45) is 0 Å². The summed E-state index contributed by atoms with van der Waals surface area (Å²) in [5.74, 6) is -0.477.